The minimum Gasteiger partial charge on any atom is -0.497 e. The van der Waals surface area contributed by atoms with Crippen LogP contribution in [0.2, 0.25) is 0 Å². The van der Waals surface area contributed by atoms with Crippen molar-refractivity contribution in [1.82, 2.24) is 4.90 Å². The van der Waals surface area contributed by atoms with Crippen LogP contribution < -0.4 is 9.47 Å². The number of Topliss-reactive ketones (excluding diaryl/α,β-unsaturated/α-hetero) is 1. The minimum absolute atomic E-state index is 0.263. The van der Waals surface area contributed by atoms with E-state index >= 15 is 0 Å². The van der Waals surface area contributed by atoms with Gasteiger partial charge in [-0.15, -0.1) is 0 Å². The number of rotatable bonds is 3. The summed E-state index contributed by atoms with van der Waals surface area (Å²) in [5.74, 6) is 3.44. The highest BCUT2D eigenvalue weighted by Gasteiger charge is 2.15. The first-order chi connectivity index (χ1) is 8.49. The lowest BCUT2D eigenvalue weighted by atomic mass is 10.0. The molecule has 0 aliphatic heterocycles. The van der Waals surface area contributed by atoms with E-state index in [9.17, 15) is 4.79 Å². The molecule has 0 radical (unpaired) electrons. The second kappa shape index (κ2) is 5.97. The number of benzene rings is 1. The zero-order valence-electron chi connectivity index (χ0n) is 11.3. The Morgan fingerprint density at radius 1 is 1.22 bits per heavy atom. The van der Waals surface area contributed by atoms with Crippen LogP contribution in [0.1, 0.15) is 15.9 Å². The van der Waals surface area contributed by atoms with Crippen molar-refractivity contribution in [1.29, 1.82) is 0 Å². The molecule has 0 bridgehead atoms. The number of aryl methyl sites for hydroxylation is 1. The Kier molecular flexibility index (Phi) is 4.61. The van der Waals surface area contributed by atoms with Gasteiger partial charge in [-0.1, -0.05) is 0 Å². The van der Waals surface area contributed by atoms with Crippen molar-refractivity contribution in [3.05, 3.63) is 23.3 Å². The van der Waals surface area contributed by atoms with E-state index in [1.165, 1.54) is 7.11 Å². The fourth-order valence-electron chi connectivity index (χ4n) is 1.52. The van der Waals surface area contributed by atoms with Gasteiger partial charge in [0.2, 0.25) is 5.78 Å². The molecule has 4 nitrogen and oxygen atoms in total. The van der Waals surface area contributed by atoms with Crippen molar-refractivity contribution in [2.45, 2.75) is 6.92 Å². The summed E-state index contributed by atoms with van der Waals surface area (Å²) < 4.78 is 10.3. The molecule has 1 rings (SSSR count). The third-order valence-electron chi connectivity index (χ3n) is 2.35. The predicted molar refractivity (Wildman–Crippen MR) is 70.1 cm³/mol. The lowest BCUT2D eigenvalue weighted by Crippen LogP contribution is -2.06. The van der Waals surface area contributed by atoms with Crippen LogP contribution in [0.25, 0.3) is 0 Å². The molecule has 0 spiro atoms. The third-order valence-corrected chi connectivity index (χ3v) is 2.35. The summed E-state index contributed by atoms with van der Waals surface area (Å²) in [6, 6.07) is 6.16. The summed E-state index contributed by atoms with van der Waals surface area (Å²) >= 11 is 0. The second-order valence-electron chi connectivity index (χ2n) is 3.98. The smallest absolute Gasteiger partial charge is 0.241 e. The Hall–Kier alpha value is -2.15. The summed E-state index contributed by atoms with van der Waals surface area (Å²) in [6.45, 7) is 1.83. The fourth-order valence-corrected chi connectivity index (χ4v) is 1.52. The summed E-state index contributed by atoms with van der Waals surface area (Å²) in [6.07, 6.45) is 0. The topological polar surface area (TPSA) is 38.8 Å². The normalized spacial score (nSPS) is 9.17. The molecule has 0 N–H and O–H groups in total. The highest BCUT2D eigenvalue weighted by molar-refractivity contribution is 6.11. The van der Waals surface area contributed by atoms with E-state index in [4.69, 9.17) is 9.47 Å². The molecule has 0 fully saturated rings. The van der Waals surface area contributed by atoms with Crippen LogP contribution >= 0.6 is 0 Å². The van der Waals surface area contributed by atoms with Gasteiger partial charge in [0.1, 0.15) is 11.5 Å². The van der Waals surface area contributed by atoms with E-state index in [0.717, 1.165) is 5.56 Å². The maximum absolute atomic E-state index is 12.0. The zero-order valence-corrected chi connectivity index (χ0v) is 11.3. The Balaban J connectivity index is 3.24. The van der Waals surface area contributed by atoms with Gasteiger partial charge in [-0.05, 0) is 18.6 Å². The molecule has 1 aromatic rings. The number of methoxy groups -OCH3 is 2. The molecule has 0 aliphatic rings. The number of hydrogen-bond donors (Lipinski definition) is 0. The molecule has 18 heavy (non-hydrogen) atoms. The van der Waals surface area contributed by atoms with Crippen molar-refractivity contribution in [3.8, 4) is 23.5 Å². The average molecular weight is 247 g/mol. The number of ketones is 1. The zero-order chi connectivity index (χ0) is 13.7. The number of hydrogen-bond acceptors (Lipinski definition) is 4. The molecule has 0 heterocycles. The van der Waals surface area contributed by atoms with Crippen LogP contribution in [0.15, 0.2) is 12.1 Å². The fraction of sp³-hybridized carbons (Fsp3) is 0.357. The molecule has 0 saturated heterocycles. The van der Waals surface area contributed by atoms with E-state index in [1.54, 1.807) is 38.2 Å². The number of carbonyl (C=O) groups excluding carboxylic acids is 1. The van der Waals surface area contributed by atoms with E-state index in [1.807, 2.05) is 6.92 Å². The molecule has 96 valence electrons. The van der Waals surface area contributed by atoms with Crippen molar-refractivity contribution in [2.75, 3.05) is 28.3 Å². The van der Waals surface area contributed by atoms with Crippen LogP contribution in [0.5, 0.6) is 11.5 Å². The average Bonchev–Trinajstić information content (AvgIpc) is 2.34. The molecule has 0 amide bonds. The molecule has 0 saturated carbocycles. The molecular weight excluding hydrogens is 230 g/mol. The lowest BCUT2D eigenvalue weighted by molar-refractivity contribution is 0.105. The Morgan fingerprint density at radius 2 is 1.89 bits per heavy atom. The minimum atomic E-state index is -0.263. The molecule has 0 aliphatic carbocycles. The van der Waals surface area contributed by atoms with Crippen molar-refractivity contribution >= 4 is 5.78 Å². The SMILES string of the molecule is COc1cc(C)c(C(=O)C#CN(C)C)c(OC)c1. The first kappa shape index (κ1) is 13.9. The Bertz CT molecular complexity index is 510. The summed E-state index contributed by atoms with van der Waals surface area (Å²) in [7, 11) is 6.64. The van der Waals surface area contributed by atoms with Crippen LogP contribution in [0.3, 0.4) is 0 Å². The van der Waals surface area contributed by atoms with E-state index < -0.39 is 0 Å². The summed E-state index contributed by atoms with van der Waals surface area (Å²) in [4.78, 5) is 13.7. The van der Waals surface area contributed by atoms with Crippen LogP contribution in [0, 0.1) is 18.9 Å². The monoisotopic (exact) mass is 247 g/mol. The van der Waals surface area contributed by atoms with Crippen molar-refractivity contribution in [2.24, 2.45) is 0 Å². The quantitative estimate of drug-likeness (QED) is 0.463. The molecule has 0 aromatic heterocycles. The molecule has 0 unspecified atom stereocenters. The maximum Gasteiger partial charge on any atom is 0.241 e. The van der Waals surface area contributed by atoms with Crippen molar-refractivity contribution < 1.29 is 14.3 Å². The number of nitrogens with zero attached hydrogens (tertiary/aromatic N) is 1. The van der Waals surface area contributed by atoms with Gasteiger partial charge in [-0.2, -0.15) is 0 Å². The van der Waals surface area contributed by atoms with E-state index in [-0.39, 0.29) is 5.78 Å². The highest BCUT2D eigenvalue weighted by Crippen LogP contribution is 2.28. The van der Waals surface area contributed by atoms with Crippen molar-refractivity contribution in [3.63, 3.8) is 0 Å². The van der Waals surface area contributed by atoms with Crippen LogP contribution in [-0.2, 0) is 0 Å². The van der Waals surface area contributed by atoms with Gasteiger partial charge in [0.15, 0.2) is 0 Å². The van der Waals surface area contributed by atoms with Crippen LogP contribution in [0.4, 0.5) is 0 Å². The van der Waals surface area contributed by atoms with E-state index in [2.05, 4.69) is 12.0 Å². The third kappa shape index (κ3) is 3.17. The number of carbonyl (C=O) groups is 1. The van der Waals surface area contributed by atoms with Gasteiger partial charge in [0.05, 0.1) is 19.8 Å². The predicted octanol–water partition coefficient (Wildman–Crippen LogP) is 1.72. The van der Waals surface area contributed by atoms with Gasteiger partial charge in [-0.25, -0.2) is 0 Å². The largest absolute Gasteiger partial charge is 0.497 e. The maximum atomic E-state index is 12.0. The van der Waals surface area contributed by atoms with Crippen LogP contribution in [-0.4, -0.2) is 39.0 Å². The van der Waals surface area contributed by atoms with Gasteiger partial charge < -0.3 is 14.4 Å². The first-order valence-corrected chi connectivity index (χ1v) is 5.45. The molecule has 0 atom stereocenters. The standard InChI is InChI=1S/C14H17NO3/c1-10-8-11(17-4)9-13(18-5)14(10)12(16)6-7-15(2)3/h8-9H,1-5H3. The highest BCUT2D eigenvalue weighted by atomic mass is 16.5. The Labute approximate surface area is 107 Å². The van der Waals surface area contributed by atoms with E-state index in [0.29, 0.717) is 17.1 Å². The molecule has 4 heteroatoms. The summed E-state index contributed by atoms with van der Waals surface area (Å²) in [5.41, 5.74) is 1.26. The van der Waals surface area contributed by atoms with Gasteiger partial charge >= 0.3 is 0 Å². The lowest BCUT2D eigenvalue weighted by Gasteiger charge is -2.10. The Morgan fingerprint density at radius 3 is 2.39 bits per heavy atom. The second-order valence-corrected chi connectivity index (χ2v) is 3.98. The number of ether oxygens (including phenoxy) is 2. The van der Waals surface area contributed by atoms with Gasteiger partial charge in [0, 0.05) is 32.1 Å². The van der Waals surface area contributed by atoms with Gasteiger partial charge in [0.25, 0.3) is 0 Å². The van der Waals surface area contributed by atoms with Gasteiger partial charge in [-0.3, -0.25) is 4.79 Å². The summed E-state index contributed by atoms with van der Waals surface area (Å²) in [5, 5.41) is 0. The molecule has 1 aromatic carbocycles. The molecular formula is C14H17NO3. The first-order valence-electron chi connectivity index (χ1n) is 5.45.